The number of hydrogen-bond acceptors (Lipinski definition) is 6. The number of fused-ring (bicyclic) bond motifs is 1. The second-order valence-electron chi connectivity index (χ2n) is 9.69. The number of aromatic nitrogens is 1. The van der Waals surface area contributed by atoms with E-state index in [4.69, 9.17) is 19.2 Å². The molecular formula is C32H37N3O3. The summed E-state index contributed by atoms with van der Waals surface area (Å²) in [6.45, 7) is 9.62. The van der Waals surface area contributed by atoms with Gasteiger partial charge in [0.15, 0.2) is 0 Å². The number of ether oxygens (including phenoxy) is 3. The van der Waals surface area contributed by atoms with Crippen LogP contribution in [-0.4, -0.2) is 67.8 Å². The molecule has 0 bridgehead atoms. The van der Waals surface area contributed by atoms with Crippen molar-refractivity contribution < 1.29 is 14.2 Å². The van der Waals surface area contributed by atoms with Crippen molar-refractivity contribution in [2.24, 2.45) is 0 Å². The quantitative estimate of drug-likeness (QED) is 0.250. The molecule has 2 heterocycles. The zero-order chi connectivity index (χ0) is 26.2. The van der Waals surface area contributed by atoms with Crippen LogP contribution in [0.3, 0.4) is 0 Å². The van der Waals surface area contributed by atoms with Gasteiger partial charge in [0, 0.05) is 56.3 Å². The first-order valence-corrected chi connectivity index (χ1v) is 13.6. The summed E-state index contributed by atoms with van der Waals surface area (Å²) in [7, 11) is 1.68. The van der Waals surface area contributed by atoms with Crippen molar-refractivity contribution >= 4 is 10.9 Å². The summed E-state index contributed by atoms with van der Waals surface area (Å²) in [5, 5.41) is 0.962. The van der Waals surface area contributed by atoms with Gasteiger partial charge >= 0.3 is 0 Å². The number of hydrogen-bond donors (Lipinski definition) is 0. The maximum absolute atomic E-state index is 6.41. The lowest BCUT2D eigenvalue weighted by molar-refractivity contribution is 0.113. The van der Waals surface area contributed by atoms with E-state index in [1.54, 1.807) is 7.11 Å². The van der Waals surface area contributed by atoms with Crippen LogP contribution < -0.4 is 14.2 Å². The van der Waals surface area contributed by atoms with Gasteiger partial charge in [0.05, 0.1) is 19.4 Å². The summed E-state index contributed by atoms with van der Waals surface area (Å²) >= 11 is 0. The predicted molar refractivity (Wildman–Crippen MR) is 153 cm³/mol. The molecule has 1 aliphatic heterocycles. The van der Waals surface area contributed by atoms with Crippen molar-refractivity contribution in [3.8, 4) is 28.5 Å². The molecule has 0 saturated carbocycles. The van der Waals surface area contributed by atoms with E-state index < -0.39 is 0 Å². The van der Waals surface area contributed by atoms with Crippen molar-refractivity contribution in [1.82, 2.24) is 14.8 Å². The Labute approximate surface area is 225 Å². The SMILES string of the molecule is CCCOc1ccc(-c2cc(OCCN3CCN(Cc4ccccc4)CC3)c3cccc(OC)c3n2)cc1. The zero-order valence-electron chi connectivity index (χ0n) is 22.4. The highest BCUT2D eigenvalue weighted by Crippen LogP contribution is 2.35. The van der Waals surface area contributed by atoms with E-state index in [1.807, 2.05) is 48.5 Å². The lowest BCUT2D eigenvalue weighted by Gasteiger charge is -2.34. The lowest BCUT2D eigenvalue weighted by atomic mass is 10.1. The molecule has 6 nitrogen and oxygen atoms in total. The van der Waals surface area contributed by atoms with Gasteiger partial charge in [-0.05, 0) is 48.4 Å². The lowest BCUT2D eigenvalue weighted by Crippen LogP contribution is -2.47. The van der Waals surface area contributed by atoms with Crippen LogP contribution in [0.1, 0.15) is 18.9 Å². The van der Waals surface area contributed by atoms with E-state index in [2.05, 4.69) is 47.1 Å². The average molecular weight is 512 g/mol. The fourth-order valence-electron chi connectivity index (χ4n) is 4.86. The van der Waals surface area contributed by atoms with Gasteiger partial charge in [0.1, 0.15) is 29.4 Å². The largest absolute Gasteiger partial charge is 0.494 e. The molecule has 1 saturated heterocycles. The minimum absolute atomic E-state index is 0.623. The van der Waals surface area contributed by atoms with E-state index >= 15 is 0 Å². The number of piperazine rings is 1. The van der Waals surface area contributed by atoms with Crippen LogP contribution in [0.4, 0.5) is 0 Å². The summed E-state index contributed by atoms with van der Waals surface area (Å²) in [5.74, 6) is 2.44. The van der Waals surface area contributed by atoms with E-state index in [-0.39, 0.29) is 0 Å². The van der Waals surface area contributed by atoms with Gasteiger partial charge in [0.2, 0.25) is 0 Å². The van der Waals surface area contributed by atoms with Crippen molar-refractivity contribution in [3.05, 3.63) is 84.4 Å². The van der Waals surface area contributed by atoms with Crippen LogP contribution >= 0.6 is 0 Å². The minimum Gasteiger partial charge on any atom is -0.494 e. The van der Waals surface area contributed by atoms with Gasteiger partial charge in [-0.1, -0.05) is 43.3 Å². The van der Waals surface area contributed by atoms with E-state index in [0.717, 1.165) is 85.1 Å². The highest BCUT2D eigenvalue weighted by Gasteiger charge is 2.18. The molecule has 0 unspecified atom stereocenters. The summed E-state index contributed by atoms with van der Waals surface area (Å²) in [4.78, 5) is 9.96. The Morgan fingerprint density at radius 2 is 1.53 bits per heavy atom. The Morgan fingerprint density at radius 3 is 2.26 bits per heavy atom. The Hall–Kier alpha value is -3.61. The van der Waals surface area contributed by atoms with Crippen LogP contribution in [0.15, 0.2) is 78.9 Å². The van der Waals surface area contributed by atoms with E-state index in [1.165, 1.54) is 5.56 Å². The molecular weight excluding hydrogens is 474 g/mol. The molecule has 6 heteroatoms. The molecule has 0 aliphatic carbocycles. The summed E-state index contributed by atoms with van der Waals surface area (Å²) in [6.07, 6.45) is 0.984. The second-order valence-corrected chi connectivity index (χ2v) is 9.69. The van der Waals surface area contributed by atoms with Crippen LogP contribution in [0, 0.1) is 0 Å². The third kappa shape index (κ3) is 6.44. The molecule has 198 valence electrons. The first-order valence-electron chi connectivity index (χ1n) is 13.6. The van der Waals surface area contributed by atoms with Crippen LogP contribution in [-0.2, 0) is 6.54 Å². The maximum atomic E-state index is 6.41. The number of methoxy groups -OCH3 is 1. The van der Waals surface area contributed by atoms with Gasteiger partial charge in [-0.15, -0.1) is 0 Å². The number of para-hydroxylation sites is 1. The third-order valence-corrected chi connectivity index (χ3v) is 6.99. The maximum Gasteiger partial charge on any atom is 0.145 e. The van der Waals surface area contributed by atoms with Gasteiger partial charge in [-0.2, -0.15) is 0 Å². The molecule has 1 aromatic heterocycles. The van der Waals surface area contributed by atoms with E-state index in [0.29, 0.717) is 13.2 Å². The molecule has 0 amide bonds. The van der Waals surface area contributed by atoms with Crippen molar-refractivity contribution in [2.75, 3.05) is 53.0 Å². The highest BCUT2D eigenvalue weighted by molar-refractivity contribution is 5.92. The smallest absolute Gasteiger partial charge is 0.145 e. The first-order chi connectivity index (χ1) is 18.7. The number of pyridine rings is 1. The molecule has 38 heavy (non-hydrogen) atoms. The van der Waals surface area contributed by atoms with Gasteiger partial charge in [0.25, 0.3) is 0 Å². The Morgan fingerprint density at radius 1 is 0.763 bits per heavy atom. The van der Waals surface area contributed by atoms with Gasteiger partial charge in [-0.3, -0.25) is 9.80 Å². The van der Waals surface area contributed by atoms with Crippen LogP contribution in [0.25, 0.3) is 22.2 Å². The fraction of sp³-hybridized carbons (Fsp3) is 0.344. The first kappa shape index (κ1) is 26.0. The highest BCUT2D eigenvalue weighted by atomic mass is 16.5. The Kier molecular flexibility index (Phi) is 8.74. The standard InChI is InChI=1S/C32H37N3O3/c1-3-21-37-27-14-12-26(13-15-27)29-23-31(28-10-7-11-30(36-2)32(28)33-29)38-22-20-34-16-18-35(19-17-34)24-25-8-5-4-6-9-25/h4-15,23H,3,16-22,24H2,1-2H3. The van der Waals surface area contributed by atoms with Crippen molar-refractivity contribution in [1.29, 1.82) is 0 Å². The summed E-state index contributed by atoms with van der Waals surface area (Å²) in [6, 6.07) is 26.8. The van der Waals surface area contributed by atoms with Crippen molar-refractivity contribution in [2.45, 2.75) is 19.9 Å². The number of benzene rings is 3. The molecule has 0 atom stereocenters. The average Bonchev–Trinajstić information content (AvgIpc) is 2.97. The zero-order valence-corrected chi connectivity index (χ0v) is 22.4. The van der Waals surface area contributed by atoms with Crippen LogP contribution in [0.5, 0.6) is 17.2 Å². The molecule has 3 aromatic carbocycles. The third-order valence-electron chi connectivity index (χ3n) is 6.99. The fourth-order valence-corrected chi connectivity index (χ4v) is 4.86. The molecule has 4 aromatic rings. The van der Waals surface area contributed by atoms with Gasteiger partial charge in [-0.25, -0.2) is 4.98 Å². The number of rotatable bonds is 11. The molecule has 1 fully saturated rings. The summed E-state index contributed by atoms with van der Waals surface area (Å²) in [5.41, 5.74) is 4.06. The summed E-state index contributed by atoms with van der Waals surface area (Å²) < 4.78 is 17.8. The monoisotopic (exact) mass is 511 g/mol. The van der Waals surface area contributed by atoms with Gasteiger partial charge < -0.3 is 14.2 Å². The number of nitrogens with zero attached hydrogens (tertiary/aromatic N) is 3. The second kappa shape index (κ2) is 12.8. The molecule has 0 N–H and O–H groups in total. The molecule has 0 spiro atoms. The molecule has 0 radical (unpaired) electrons. The topological polar surface area (TPSA) is 47.1 Å². The van der Waals surface area contributed by atoms with Crippen LogP contribution in [0.2, 0.25) is 0 Å². The van der Waals surface area contributed by atoms with Crippen molar-refractivity contribution in [3.63, 3.8) is 0 Å². The molecule has 1 aliphatic rings. The molecule has 5 rings (SSSR count). The Balaban J connectivity index is 1.25. The minimum atomic E-state index is 0.623. The normalized spacial score (nSPS) is 14.5. The van der Waals surface area contributed by atoms with E-state index in [9.17, 15) is 0 Å². The predicted octanol–water partition coefficient (Wildman–Crippen LogP) is 5.90. The Bertz CT molecular complexity index is 1300.